The molecule has 0 aromatic heterocycles. The summed E-state index contributed by atoms with van der Waals surface area (Å²) in [5, 5.41) is 4.39. The first kappa shape index (κ1) is 12.3. The maximum Gasteiger partial charge on any atom is 0 e. The zero-order valence-electron chi connectivity index (χ0n) is 7.70. The van der Waals surface area contributed by atoms with E-state index in [0.717, 1.165) is 6.54 Å². The molecule has 2 heteroatoms. The third-order valence-electron chi connectivity index (χ3n) is 1.48. The van der Waals surface area contributed by atoms with Crippen LogP contribution in [-0.2, 0) is 39.3 Å². The van der Waals surface area contributed by atoms with Gasteiger partial charge < -0.3 is 5.32 Å². The third-order valence-corrected chi connectivity index (χ3v) is 1.48. The van der Waals surface area contributed by atoms with Gasteiger partial charge in [-0.15, -0.1) is 12.6 Å². The summed E-state index contributed by atoms with van der Waals surface area (Å²) in [6.45, 7) is 5.05. The normalized spacial score (nSPS) is 9.58. The first-order valence-corrected chi connectivity index (χ1v) is 3.99. The summed E-state index contributed by atoms with van der Waals surface area (Å²) in [4.78, 5) is 0. The van der Waals surface area contributed by atoms with Crippen LogP contribution in [0.1, 0.15) is 19.4 Å². The summed E-state index contributed by atoms with van der Waals surface area (Å²) in [7, 11) is 0. The van der Waals surface area contributed by atoms with E-state index in [2.05, 4.69) is 31.3 Å². The van der Waals surface area contributed by atoms with Gasteiger partial charge in [0.15, 0.2) is 0 Å². The van der Waals surface area contributed by atoms with E-state index in [-0.39, 0.29) is 32.7 Å². The Morgan fingerprint density at radius 2 is 1.75 bits per heavy atom. The van der Waals surface area contributed by atoms with Gasteiger partial charge in [-0.3, -0.25) is 0 Å². The van der Waals surface area contributed by atoms with Crippen LogP contribution in [0.2, 0.25) is 0 Å². The number of hydrogen-bond acceptors (Lipinski definition) is 0. The summed E-state index contributed by atoms with van der Waals surface area (Å²) in [5.74, 6) is 0. The van der Waals surface area contributed by atoms with E-state index in [1.165, 1.54) is 5.56 Å². The summed E-state index contributed by atoms with van der Waals surface area (Å²) < 4.78 is 0. The maximum absolute atomic E-state index is 4.39. The van der Waals surface area contributed by atoms with Crippen LogP contribution in [0, 0.1) is 0 Å². The molecule has 12 heavy (non-hydrogen) atoms. The third kappa shape index (κ3) is 5.02. The van der Waals surface area contributed by atoms with E-state index in [4.69, 9.17) is 0 Å². The zero-order chi connectivity index (χ0) is 8.10. The Balaban J connectivity index is 0.00000121. The number of hydrogen-bond donors (Lipinski definition) is 0. The van der Waals surface area contributed by atoms with E-state index in [1.54, 1.807) is 0 Å². The van der Waals surface area contributed by atoms with Crippen molar-refractivity contribution in [2.24, 2.45) is 0 Å². The van der Waals surface area contributed by atoms with Gasteiger partial charge in [-0.1, -0.05) is 49.7 Å². The largest absolute Gasteiger partial charge is 0.656 e. The molecule has 0 unspecified atom stereocenters. The fraction of sp³-hybridized carbons (Fsp3) is 0.400. The van der Waals surface area contributed by atoms with E-state index >= 15 is 0 Å². The molecule has 0 aliphatic rings. The van der Waals surface area contributed by atoms with Crippen molar-refractivity contribution in [3.63, 3.8) is 0 Å². The molecule has 0 bridgehead atoms. The van der Waals surface area contributed by atoms with Gasteiger partial charge in [-0.25, -0.2) is 0 Å². The average Bonchev–Trinajstić information content (AvgIpc) is 2.03. The van der Waals surface area contributed by atoms with E-state index < -0.39 is 0 Å². The van der Waals surface area contributed by atoms with Crippen molar-refractivity contribution in [3.8, 4) is 0 Å². The van der Waals surface area contributed by atoms with Gasteiger partial charge >= 0.3 is 0 Å². The van der Waals surface area contributed by atoms with Gasteiger partial charge in [0, 0.05) is 32.7 Å². The van der Waals surface area contributed by atoms with Gasteiger partial charge in [0.25, 0.3) is 0 Å². The smallest absolute Gasteiger partial charge is 0 e. The molecule has 1 nitrogen and oxygen atoms in total. The quantitative estimate of drug-likeness (QED) is 0.767. The van der Waals surface area contributed by atoms with Crippen LogP contribution >= 0.6 is 0 Å². The molecule has 0 amide bonds. The van der Waals surface area contributed by atoms with Crippen molar-refractivity contribution in [2.45, 2.75) is 26.4 Å². The summed E-state index contributed by atoms with van der Waals surface area (Å²) in [6.07, 6.45) is 0. The second-order valence-electron chi connectivity index (χ2n) is 2.92. The molecule has 0 atom stereocenters. The summed E-state index contributed by atoms with van der Waals surface area (Å²) in [6, 6.07) is 10.8. The fourth-order valence-electron chi connectivity index (χ4n) is 0.871. The molecule has 1 radical (unpaired) electrons. The molecule has 0 aliphatic heterocycles. The van der Waals surface area contributed by atoms with Gasteiger partial charge in [0.2, 0.25) is 0 Å². The van der Waals surface area contributed by atoms with Gasteiger partial charge in [0.05, 0.1) is 0 Å². The van der Waals surface area contributed by atoms with E-state index in [9.17, 15) is 0 Å². The topological polar surface area (TPSA) is 14.1 Å². The Bertz CT molecular complexity index is 196. The molecular weight excluding hydrogens is 223 g/mol. The Morgan fingerprint density at radius 3 is 2.25 bits per heavy atom. The van der Waals surface area contributed by atoms with Crippen molar-refractivity contribution < 1.29 is 32.7 Å². The first-order valence-electron chi connectivity index (χ1n) is 3.99. The first-order chi connectivity index (χ1) is 5.29. The van der Waals surface area contributed by atoms with E-state index in [1.807, 2.05) is 18.2 Å². The number of benzene rings is 1. The second kappa shape index (κ2) is 6.76. The maximum atomic E-state index is 4.39. The van der Waals surface area contributed by atoms with Gasteiger partial charge in [0.1, 0.15) is 0 Å². The molecule has 0 spiro atoms. The minimum atomic E-state index is 0. The SMILES string of the molecule is CC(C)[N-]Cc1ccccc1.[Y]. The Labute approximate surface area is 99.8 Å². The van der Waals surface area contributed by atoms with Crippen LogP contribution in [0.5, 0.6) is 0 Å². The molecule has 0 fully saturated rings. The van der Waals surface area contributed by atoms with Gasteiger partial charge in [-0.2, -0.15) is 0 Å². The molecule has 0 saturated heterocycles. The number of nitrogens with zero attached hydrogens (tertiary/aromatic N) is 1. The summed E-state index contributed by atoms with van der Waals surface area (Å²) >= 11 is 0. The minimum Gasteiger partial charge on any atom is -0.656 e. The molecular formula is C10H14NY-. The standard InChI is InChI=1S/C10H14N.Y/c1-9(2)11-8-10-6-4-3-5-7-10;/h3-7,9H,8H2,1-2H3;/q-1;. The molecule has 0 aliphatic carbocycles. The van der Waals surface area contributed by atoms with Gasteiger partial charge in [-0.05, 0) is 0 Å². The number of rotatable bonds is 3. The molecule has 0 N–H and O–H groups in total. The van der Waals surface area contributed by atoms with Crippen LogP contribution in [0.25, 0.3) is 5.32 Å². The summed E-state index contributed by atoms with van der Waals surface area (Å²) in [5.41, 5.74) is 1.29. The van der Waals surface area contributed by atoms with Crippen LogP contribution in [0.15, 0.2) is 30.3 Å². The van der Waals surface area contributed by atoms with Crippen LogP contribution in [0.3, 0.4) is 0 Å². The molecule has 63 valence electrons. The Hall–Kier alpha value is 0.284. The Kier molecular flexibility index (Phi) is 6.92. The van der Waals surface area contributed by atoms with Crippen LogP contribution in [0.4, 0.5) is 0 Å². The zero-order valence-corrected chi connectivity index (χ0v) is 10.5. The molecule has 0 saturated carbocycles. The van der Waals surface area contributed by atoms with Crippen molar-refractivity contribution >= 4 is 0 Å². The van der Waals surface area contributed by atoms with Crippen molar-refractivity contribution in [1.82, 2.24) is 0 Å². The average molecular weight is 237 g/mol. The van der Waals surface area contributed by atoms with E-state index in [0.29, 0.717) is 6.04 Å². The monoisotopic (exact) mass is 237 g/mol. The predicted molar refractivity (Wildman–Crippen MR) is 48.6 cm³/mol. The molecule has 1 aromatic carbocycles. The van der Waals surface area contributed by atoms with Crippen molar-refractivity contribution in [3.05, 3.63) is 41.2 Å². The molecule has 0 heterocycles. The van der Waals surface area contributed by atoms with Crippen molar-refractivity contribution in [2.75, 3.05) is 0 Å². The molecule has 1 rings (SSSR count). The fourth-order valence-corrected chi connectivity index (χ4v) is 0.871. The Morgan fingerprint density at radius 1 is 1.17 bits per heavy atom. The molecule has 1 aromatic rings. The minimum absolute atomic E-state index is 0. The van der Waals surface area contributed by atoms with Crippen LogP contribution < -0.4 is 0 Å². The van der Waals surface area contributed by atoms with Crippen LogP contribution in [-0.4, -0.2) is 6.04 Å². The predicted octanol–water partition coefficient (Wildman–Crippen LogP) is 2.97. The second-order valence-corrected chi connectivity index (χ2v) is 2.92. The van der Waals surface area contributed by atoms with Crippen molar-refractivity contribution in [1.29, 1.82) is 0 Å².